The molecule has 25 heavy (non-hydrogen) atoms. The zero-order valence-electron chi connectivity index (χ0n) is 14.6. The molecule has 0 aromatic carbocycles. The zero-order chi connectivity index (χ0) is 17.3. The molecule has 2 saturated heterocycles. The molecule has 0 bridgehead atoms. The van der Waals surface area contributed by atoms with Crippen LogP contribution in [0.15, 0.2) is 24.7 Å². The molecule has 0 saturated carbocycles. The van der Waals surface area contributed by atoms with Crippen LogP contribution in [-0.4, -0.2) is 64.4 Å². The maximum atomic E-state index is 13.0. The minimum Gasteiger partial charge on any atom is -0.385 e. The summed E-state index contributed by atoms with van der Waals surface area (Å²) in [7, 11) is 1.73. The van der Waals surface area contributed by atoms with Gasteiger partial charge in [0.1, 0.15) is 5.56 Å². The average Bonchev–Trinajstić information content (AvgIpc) is 3.24. The van der Waals surface area contributed by atoms with Gasteiger partial charge in [0.15, 0.2) is 5.65 Å². The van der Waals surface area contributed by atoms with Crippen molar-refractivity contribution in [2.75, 3.05) is 33.4 Å². The summed E-state index contributed by atoms with van der Waals surface area (Å²) in [5.41, 5.74) is 0.979. The molecule has 2 aliphatic heterocycles. The second kappa shape index (κ2) is 6.72. The molecule has 0 radical (unpaired) electrons. The summed E-state index contributed by atoms with van der Waals surface area (Å²) in [6.07, 6.45) is 9.12. The number of methoxy groups -OCH3 is 1. The molecule has 4 rings (SSSR count). The highest BCUT2D eigenvalue weighted by Crippen LogP contribution is 2.39. The fourth-order valence-corrected chi connectivity index (χ4v) is 4.11. The van der Waals surface area contributed by atoms with E-state index in [-0.39, 0.29) is 11.5 Å². The summed E-state index contributed by atoms with van der Waals surface area (Å²) in [4.78, 5) is 19.2. The summed E-state index contributed by atoms with van der Waals surface area (Å²) < 4.78 is 13.0. The molecular weight excluding hydrogens is 320 g/mol. The highest BCUT2D eigenvalue weighted by Gasteiger charge is 2.44. The van der Waals surface area contributed by atoms with E-state index in [2.05, 4.69) is 10.1 Å². The number of aromatic nitrogens is 3. The van der Waals surface area contributed by atoms with Crippen LogP contribution in [-0.2, 0) is 9.47 Å². The van der Waals surface area contributed by atoms with Crippen LogP contribution in [0.5, 0.6) is 0 Å². The van der Waals surface area contributed by atoms with E-state index in [0.717, 1.165) is 45.4 Å². The Kier molecular flexibility index (Phi) is 4.43. The number of nitrogens with zero attached hydrogens (tertiary/aromatic N) is 4. The smallest absolute Gasteiger partial charge is 0.259 e. The molecule has 4 heterocycles. The van der Waals surface area contributed by atoms with Crippen molar-refractivity contribution in [3.63, 3.8) is 0 Å². The van der Waals surface area contributed by atoms with E-state index < -0.39 is 0 Å². The Morgan fingerprint density at radius 2 is 2.44 bits per heavy atom. The van der Waals surface area contributed by atoms with E-state index in [9.17, 15) is 4.79 Å². The molecule has 1 spiro atoms. The molecular formula is C18H24N4O3. The minimum absolute atomic E-state index is 0.00304. The third kappa shape index (κ3) is 3.14. The largest absolute Gasteiger partial charge is 0.385 e. The van der Waals surface area contributed by atoms with Crippen LogP contribution in [0.1, 0.15) is 36.0 Å². The van der Waals surface area contributed by atoms with Gasteiger partial charge in [0.05, 0.1) is 18.4 Å². The van der Waals surface area contributed by atoms with Crippen LogP contribution < -0.4 is 0 Å². The number of carbonyl (C=O) groups is 1. The monoisotopic (exact) mass is 344 g/mol. The van der Waals surface area contributed by atoms with Gasteiger partial charge in [0.25, 0.3) is 5.91 Å². The molecule has 134 valence electrons. The predicted octanol–water partition coefficient (Wildman–Crippen LogP) is 1.78. The standard InChI is InChI=1S/C18H24N4O3/c1-24-9-4-14-10-18(25-12-14)5-2-7-21(13-18)17(23)15-11-20-22-8-3-6-19-16(15)22/h3,6,8,11,14H,2,4-5,7,9-10,12-13H2,1H3/t14-,18-/m0/s1. The van der Waals surface area contributed by atoms with Gasteiger partial charge in [-0.05, 0) is 37.7 Å². The van der Waals surface area contributed by atoms with E-state index in [0.29, 0.717) is 23.7 Å². The number of carbonyl (C=O) groups excluding carboxylic acids is 1. The van der Waals surface area contributed by atoms with E-state index in [1.807, 2.05) is 4.90 Å². The van der Waals surface area contributed by atoms with Crippen LogP contribution in [0.4, 0.5) is 0 Å². The summed E-state index contributed by atoms with van der Waals surface area (Å²) in [6.45, 7) is 2.95. The highest BCUT2D eigenvalue weighted by molar-refractivity contribution is 5.99. The summed E-state index contributed by atoms with van der Waals surface area (Å²) in [5.74, 6) is 0.519. The Bertz CT molecular complexity index is 762. The zero-order valence-corrected chi connectivity index (χ0v) is 14.6. The van der Waals surface area contributed by atoms with E-state index >= 15 is 0 Å². The third-order valence-electron chi connectivity index (χ3n) is 5.35. The molecule has 7 nitrogen and oxygen atoms in total. The summed E-state index contributed by atoms with van der Waals surface area (Å²) in [5, 5.41) is 4.23. The number of fused-ring (bicyclic) bond motifs is 1. The minimum atomic E-state index is -0.192. The Hall–Kier alpha value is -1.99. The first-order valence-corrected chi connectivity index (χ1v) is 8.91. The van der Waals surface area contributed by atoms with Crippen LogP contribution in [0.3, 0.4) is 0 Å². The maximum absolute atomic E-state index is 13.0. The average molecular weight is 344 g/mol. The van der Waals surface area contributed by atoms with Crippen molar-refractivity contribution in [3.05, 3.63) is 30.2 Å². The van der Waals surface area contributed by atoms with Crippen molar-refractivity contribution in [1.29, 1.82) is 0 Å². The Labute approximate surface area is 146 Å². The molecule has 0 aliphatic carbocycles. The molecule has 0 unspecified atom stereocenters. The predicted molar refractivity (Wildman–Crippen MR) is 91.4 cm³/mol. The van der Waals surface area contributed by atoms with Crippen molar-refractivity contribution in [2.45, 2.75) is 31.3 Å². The maximum Gasteiger partial charge on any atom is 0.259 e. The van der Waals surface area contributed by atoms with Gasteiger partial charge in [-0.1, -0.05) is 0 Å². The number of hydrogen-bond donors (Lipinski definition) is 0. The number of likely N-dealkylation sites (tertiary alicyclic amines) is 1. The molecule has 0 N–H and O–H groups in total. The summed E-state index contributed by atoms with van der Waals surface area (Å²) >= 11 is 0. The van der Waals surface area contributed by atoms with Crippen LogP contribution >= 0.6 is 0 Å². The van der Waals surface area contributed by atoms with Crippen molar-refractivity contribution in [2.24, 2.45) is 5.92 Å². The van der Waals surface area contributed by atoms with Gasteiger partial charge in [-0.2, -0.15) is 5.10 Å². The lowest BCUT2D eigenvalue weighted by Crippen LogP contribution is -2.50. The fraction of sp³-hybridized carbons (Fsp3) is 0.611. The SMILES string of the molecule is COCC[C@@H]1CO[C@@]2(CCCN(C(=O)c3cnn4cccnc34)C2)C1. The second-order valence-corrected chi connectivity index (χ2v) is 7.12. The lowest BCUT2D eigenvalue weighted by molar-refractivity contribution is -0.0450. The van der Waals surface area contributed by atoms with E-state index in [1.165, 1.54) is 0 Å². The second-order valence-electron chi connectivity index (χ2n) is 7.12. The Morgan fingerprint density at radius 3 is 3.32 bits per heavy atom. The van der Waals surface area contributed by atoms with Gasteiger partial charge >= 0.3 is 0 Å². The number of piperidine rings is 1. The van der Waals surface area contributed by atoms with Crippen molar-refractivity contribution >= 4 is 11.6 Å². The topological polar surface area (TPSA) is 69.0 Å². The van der Waals surface area contributed by atoms with Crippen LogP contribution in [0.25, 0.3) is 5.65 Å². The molecule has 2 atom stereocenters. The quantitative estimate of drug-likeness (QED) is 0.846. The lowest BCUT2D eigenvalue weighted by atomic mass is 9.85. The number of amides is 1. The van der Waals surface area contributed by atoms with E-state index in [4.69, 9.17) is 9.47 Å². The van der Waals surface area contributed by atoms with Crippen molar-refractivity contribution in [3.8, 4) is 0 Å². The number of ether oxygens (including phenoxy) is 2. The first kappa shape index (κ1) is 16.5. The van der Waals surface area contributed by atoms with Crippen molar-refractivity contribution in [1.82, 2.24) is 19.5 Å². The van der Waals surface area contributed by atoms with Crippen LogP contribution in [0.2, 0.25) is 0 Å². The Balaban J connectivity index is 1.49. The third-order valence-corrected chi connectivity index (χ3v) is 5.35. The molecule has 1 amide bonds. The first-order chi connectivity index (χ1) is 12.2. The summed E-state index contributed by atoms with van der Waals surface area (Å²) in [6, 6.07) is 1.80. The fourth-order valence-electron chi connectivity index (χ4n) is 4.11. The molecule has 2 aromatic rings. The van der Waals surface area contributed by atoms with E-state index in [1.54, 1.807) is 36.3 Å². The van der Waals surface area contributed by atoms with Gasteiger partial charge in [-0.25, -0.2) is 9.50 Å². The molecule has 2 aliphatic rings. The normalized spacial score (nSPS) is 26.6. The van der Waals surface area contributed by atoms with Crippen molar-refractivity contribution < 1.29 is 14.3 Å². The lowest BCUT2D eigenvalue weighted by Gasteiger charge is -2.39. The molecule has 2 aromatic heterocycles. The number of rotatable bonds is 4. The van der Waals surface area contributed by atoms with Gasteiger partial charge in [0, 0.05) is 39.2 Å². The van der Waals surface area contributed by atoms with Gasteiger partial charge in [-0.3, -0.25) is 4.79 Å². The number of hydrogen-bond acceptors (Lipinski definition) is 5. The van der Waals surface area contributed by atoms with Gasteiger partial charge in [0.2, 0.25) is 0 Å². The highest BCUT2D eigenvalue weighted by atomic mass is 16.5. The molecule has 7 heteroatoms. The Morgan fingerprint density at radius 1 is 1.52 bits per heavy atom. The van der Waals surface area contributed by atoms with Crippen LogP contribution in [0, 0.1) is 5.92 Å². The van der Waals surface area contributed by atoms with Gasteiger partial charge < -0.3 is 14.4 Å². The van der Waals surface area contributed by atoms with Gasteiger partial charge in [-0.15, -0.1) is 0 Å². The first-order valence-electron chi connectivity index (χ1n) is 8.91. The molecule has 2 fully saturated rings.